The summed E-state index contributed by atoms with van der Waals surface area (Å²) in [5.74, 6) is 0.301. The minimum absolute atomic E-state index is 0.0160. The van der Waals surface area contributed by atoms with Gasteiger partial charge in [-0.05, 0) is 62.8 Å². The normalized spacial score (nSPS) is 24.5. The van der Waals surface area contributed by atoms with Crippen LogP contribution in [0.3, 0.4) is 0 Å². The minimum Gasteiger partial charge on any atom is -0.393 e. The Kier molecular flexibility index (Phi) is 12.5. The van der Waals surface area contributed by atoms with Gasteiger partial charge in [0.15, 0.2) is 0 Å². The van der Waals surface area contributed by atoms with E-state index in [0.717, 1.165) is 44.9 Å². The first-order chi connectivity index (χ1) is 15.5. The molecule has 4 nitrogen and oxygen atoms in total. The fourth-order valence-electron chi connectivity index (χ4n) is 4.56. The van der Waals surface area contributed by atoms with Crippen molar-refractivity contribution in [3.05, 3.63) is 60.2 Å². The highest BCUT2D eigenvalue weighted by Crippen LogP contribution is 2.36. The summed E-state index contributed by atoms with van der Waals surface area (Å²) < 4.78 is 0. The number of ketones is 1. The molecule has 4 heteroatoms. The zero-order chi connectivity index (χ0) is 23.2. The standard InChI is InChI=1S/C28H42O4/c1-2-12-23(29)15-8-3-4-9-17-25-26(28(32)21-27(25)31)18-11-10-16-24(30)20-19-22-13-6-5-7-14-22/h4-7,9,11,13-14,18,24-28,30-32H,2-3,8,10,12,15-17,19-21H2,1H3/b9-4-,18-11+/t24-,25-,26-,27+,28-/m1/s1. The second-order valence-electron chi connectivity index (χ2n) is 9.18. The van der Waals surface area contributed by atoms with E-state index in [4.69, 9.17) is 0 Å². The highest BCUT2D eigenvalue weighted by atomic mass is 16.3. The van der Waals surface area contributed by atoms with Crippen LogP contribution in [0.2, 0.25) is 0 Å². The van der Waals surface area contributed by atoms with E-state index in [1.54, 1.807) is 0 Å². The predicted molar refractivity (Wildman–Crippen MR) is 130 cm³/mol. The van der Waals surface area contributed by atoms with Gasteiger partial charge in [0, 0.05) is 25.2 Å². The van der Waals surface area contributed by atoms with E-state index in [0.29, 0.717) is 31.5 Å². The predicted octanol–water partition coefficient (Wildman–Crippen LogP) is 5.16. The first-order valence-electron chi connectivity index (χ1n) is 12.4. The average Bonchev–Trinajstić information content (AvgIpc) is 3.05. The second-order valence-corrected chi connectivity index (χ2v) is 9.18. The monoisotopic (exact) mass is 442 g/mol. The van der Waals surface area contributed by atoms with Crippen LogP contribution in [0.15, 0.2) is 54.6 Å². The smallest absolute Gasteiger partial charge is 0.132 e. The molecule has 0 unspecified atom stereocenters. The second kappa shape index (κ2) is 15.2. The lowest BCUT2D eigenvalue weighted by Gasteiger charge is -2.19. The van der Waals surface area contributed by atoms with E-state index in [1.807, 2.05) is 37.3 Å². The van der Waals surface area contributed by atoms with Crippen molar-refractivity contribution in [1.82, 2.24) is 0 Å². The Bertz CT molecular complexity index is 697. The third-order valence-corrected chi connectivity index (χ3v) is 6.48. The van der Waals surface area contributed by atoms with Crippen LogP contribution in [0.1, 0.15) is 76.7 Å². The molecule has 0 heterocycles. The van der Waals surface area contributed by atoms with Crippen molar-refractivity contribution in [2.45, 2.75) is 95.9 Å². The van der Waals surface area contributed by atoms with Crippen LogP contribution in [0.25, 0.3) is 0 Å². The van der Waals surface area contributed by atoms with Crippen LogP contribution < -0.4 is 0 Å². The number of carbonyl (C=O) groups is 1. The van der Waals surface area contributed by atoms with E-state index in [1.165, 1.54) is 5.56 Å². The lowest BCUT2D eigenvalue weighted by atomic mass is 9.89. The number of benzene rings is 1. The molecule has 178 valence electrons. The fraction of sp³-hybridized carbons (Fsp3) is 0.607. The molecule has 1 fully saturated rings. The van der Waals surface area contributed by atoms with Crippen LogP contribution in [-0.2, 0) is 11.2 Å². The maximum absolute atomic E-state index is 11.6. The zero-order valence-corrected chi connectivity index (χ0v) is 19.6. The third kappa shape index (κ3) is 9.81. The Hall–Kier alpha value is -1.75. The summed E-state index contributed by atoms with van der Waals surface area (Å²) in [5.41, 5.74) is 1.24. The van der Waals surface area contributed by atoms with Gasteiger partial charge in [0.1, 0.15) is 5.78 Å². The number of aliphatic hydroxyl groups excluding tert-OH is 3. The molecule has 1 aromatic carbocycles. The van der Waals surface area contributed by atoms with E-state index in [9.17, 15) is 20.1 Å². The Morgan fingerprint density at radius 2 is 1.81 bits per heavy atom. The van der Waals surface area contributed by atoms with Crippen molar-refractivity contribution >= 4 is 5.78 Å². The van der Waals surface area contributed by atoms with Crippen LogP contribution in [-0.4, -0.2) is 39.4 Å². The molecule has 1 aliphatic carbocycles. The van der Waals surface area contributed by atoms with Gasteiger partial charge in [-0.1, -0.05) is 61.6 Å². The summed E-state index contributed by atoms with van der Waals surface area (Å²) >= 11 is 0. The molecule has 0 amide bonds. The summed E-state index contributed by atoms with van der Waals surface area (Å²) in [5, 5.41) is 31.0. The molecule has 3 N–H and O–H groups in total. The SMILES string of the molecule is CCCC(=O)CCC/C=C\C[C@@H]1[C@@H](/C=C/CC[C@@H](O)CCc2ccccc2)[C@H](O)C[C@@H]1O. The largest absolute Gasteiger partial charge is 0.393 e. The van der Waals surface area contributed by atoms with Crippen molar-refractivity contribution in [2.75, 3.05) is 0 Å². The zero-order valence-electron chi connectivity index (χ0n) is 19.6. The summed E-state index contributed by atoms with van der Waals surface area (Å²) in [4.78, 5) is 11.6. The Balaban J connectivity index is 1.69. The van der Waals surface area contributed by atoms with Gasteiger partial charge in [0.25, 0.3) is 0 Å². The van der Waals surface area contributed by atoms with E-state index < -0.39 is 12.2 Å². The molecule has 2 rings (SSSR count). The lowest BCUT2D eigenvalue weighted by molar-refractivity contribution is -0.119. The summed E-state index contributed by atoms with van der Waals surface area (Å²) in [7, 11) is 0. The van der Waals surface area contributed by atoms with Crippen LogP contribution >= 0.6 is 0 Å². The first-order valence-corrected chi connectivity index (χ1v) is 12.4. The van der Waals surface area contributed by atoms with Crippen molar-refractivity contribution in [2.24, 2.45) is 11.8 Å². The number of unbranched alkanes of at least 4 members (excludes halogenated alkanes) is 1. The maximum atomic E-state index is 11.6. The number of aliphatic hydroxyl groups is 3. The molecular weight excluding hydrogens is 400 g/mol. The Morgan fingerprint density at radius 1 is 1.03 bits per heavy atom. The molecule has 0 aromatic heterocycles. The molecule has 5 atom stereocenters. The summed E-state index contributed by atoms with van der Waals surface area (Å²) in [6, 6.07) is 10.2. The number of hydrogen-bond acceptors (Lipinski definition) is 4. The van der Waals surface area contributed by atoms with Gasteiger partial charge >= 0.3 is 0 Å². The van der Waals surface area contributed by atoms with E-state index in [2.05, 4.69) is 24.3 Å². The molecule has 1 saturated carbocycles. The number of rotatable bonds is 15. The lowest BCUT2D eigenvalue weighted by Crippen LogP contribution is -2.19. The number of allylic oxidation sites excluding steroid dienone is 3. The Labute approximate surface area is 194 Å². The van der Waals surface area contributed by atoms with Crippen LogP contribution in [0, 0.1) is 11.8 Å². The average molecular weight is 443 g/mol. The molecule has 1 aromatic rings. The number of hydrogen-bond donors (Lipinski definition) is 3. The van der Waals surface area contributed by atoms with Gasteiger partial charge in [-0.3, -0.25) is 4.79 Å². The van der Waals surface area contributed by atoms with Gasteiger partial charge in [-0.2, -0.15) is 0 Å². The molecule has 0 saturated heterocycles. The number of carbonyl (C=O) groups excluding carboxylic acids is 1. The van der Waals surface area contributed by atoms with Crippen molar-refractivity contribution in [1.29, 1.82) is 0 Å². The quantitative estimate of drug-likeness (QED) is 0.259. The van der Waals surface area contributed by atoms with Gasteiger partial charge in [-0.15, -0.1) is 0 Å². The topological polar surface area (TPSA) is 77.8 Å². The number of aryl methyl sites for hydroxylation is 1. The molecule has 0 aliphatic heterocycles. The van der Waals surface area contributed by atoms with E-state index in [-0.39, 0.29) is 17.9 Å². The highest BCUT2D eigenvalue weighted by Gasteiger charge is 2.39. The van der Waals surface area contributed by atoms with Crippen molar-refractivity contribution in [3.8, 4) is 0 Å². The Morgan fingerprint density at radius 3 is 2.56 bits per heavy atom. The molecule has 0 spiro atoms. The maximum Gasteiger partial charge on any atom is 0.132 e. The van der Waals surface area contributed by atoms with Gasteiger partial charge in [0.05, 0.1) is 18.3 Å². The molecular formula is C28H42O4. The highest BCUT2D eigenvalue weighted by molar-refractivity contribution is 5.78. The van der Waals surface area contributed by atoms with Gasteiger partial charge in [0.2, 0.25) is 0 Å². The van der Waals surface area contributed by atoms with Crippen molar-refractivity contribution < 1.29 is 20.1 Å². The third-order valence-electron chi connectivity index (χ3n) is 6.48. The minimum atomic E-state index is -0.519. The molecule has 0 radical (unpaired) electrons. The first kappa shape index (κ1) is 26.5. The summed E-state index contributed by atoms with van der Waals surface area (Å²) in [6.07, 6.45) is 15.2. The number of Topliss-reactive ketones (excluding diaryl/α,β-unsaturated/α-hetero) is 1. The fourth-order valence-corrected chi connectivity index (χ4v) is 4.56. The van der Waals surface area contributed by atoms with Gasteiger partial charge in [-0.25, -0.2) is 0 Å². The van der Waals surface area contributed by atoms with Crippen LogP contribution in [0.5, 0.6) is 0 Å². The van der Waals surface area contributed by atoms with Gasteiger partial charge < -0.3 is 15.3 Å². The van der Waals surface area contributed by atoms with Crippen LogP contribution in [0.4, 0.5) is 0 Å². The molecule has 32 heavy (non-hydrogen) atoms. The van der Waals surface area contributed by atoms with Crippen molar-refractivity contribution in [3.63, 3.8) is 0 Å². The molecule has 0 bridgehead atoms. The summed E-state index contributed by atoms with van der Waals surface area (Å²) in [6.45, 7) is 2.03. The molecule has 1 aliphatic rings. The van der Waals surface area contributed by atoms with E-state index >= 15 is 0 Å².